The van der Waals surface area contributed by atoms with Gasteiger partial charge in [0.1, 0.15) is 0 Å². The fraction of sp³-hybridized carbons (Fsp3) is 0.118. The number of alkyl halides is 3. The third-order valence-corrected chi connectivity index (χ3v) is 4.04. The van der Waals surface area contributed by atoms with Gasteiger partial charge in [0.15, 0.2) is 5.11 Å². The molecule has 1 aromatic heterocycles. The number of halogens is 4. The van der Waals surface area contributed by atoms with Crippen LogP contribution in [0.4, 0.5) is 18.9 Å². The average molecular weight is 384 g/mol. The Morgan fingerprint density at radius 2 is 1.88 bits per heavy atom. The molecule has 0 aliphatic rings. The Labute approximate surface area is 152 Å². The van der Waals surface area contributed by atoms with Crippen molar-refractivity contribution in [3.8, 4) is 0 Å². The number of anilines is 1. The van der Waals surface area contributed by atoms with Crippen LogP contribution in [0.1, 0.15) is 11.3 Å². The zero-order valence-electron chi connectivity index (χ0n) is 12.7. The van der Waals surface area contributed by atoms with Crippen molar-refractivity contribution in [1.29, 1.82) is 0 Å². The Hall–Kier alpha value is -2.25. The Balaban J connectivity index is 1.67. The lowest BCUT2D eigenvalue weighted by molar-refractivity contribution is -0.136. The first-order chi connectivity index (χ1) is 11.8. The summed E-state index contributed by atoms with van der Waals surface area (Å²) in [4.78, 5) is 3.19. The highest BCUT2D eigenvalue weighted by atomic mass is 35.5. The molecule has 0 unspecified atom stereocenters. The molecule has 0 aliphatic heterocycles. The van der Waals surface area contributed by atoms with Crippen LogP contribution in [-0.2, 0) is 12.7 Å². The minimum Gasteiger partial charge on any atom is -0.357 e. The van der Waals surface area contributed by atoms with E-state index in [1.54, 1.807) is 6.07 Å². The quantitative estimate of drug-likeness (QED) is 0.535. The molecule has 0 atom stereocenters. The summed E-state index contributed by atoms with van der Waals surface area (Å²) in [5, 5.41) is 7.17. The van der Waals surface area contributed by atoms with E-state index in [1.165, 1.54) is 18.2 Å². The molecule has 25 heavy (non-hydrogen) atoms. The molecule has 3 nitrogen and oxygen atoms in total. The molecule has 0 bridgehead atoms. The van der Waals surface area contributed by atoms with E-state index >= 15 is 0 Å². The monoisotopic (exact) mass is 383 g/mol. The van der Waals surface area contributed by atoms with Crippen LogP contribution in [0.5, 0.6) is 0 Å². The van der Waals surface area contributed by atoms with Gasteiger partial charge in [-0.05, 0) is 48.6 Å². The van der Waals surface area contributed by atoms with Gasteiger partial charge in [0.05, 0.1) is 17.8 Å². The second-order valence-corrected chi connectivity index (χ2v) is 6.22. The summed E-state index contributed by atoms with van der Waals surface area (Å²) in [7, 11) is 0. The summed E-state index contributed by atoms with van der Waals surface area (Å²) in [6, 6.07) is 12.6. The summed E-state index contributed by atoms with van der Waals surface area (Å²) in [5.74, 6) is 0. The van der Waals surface area contributed by atoms with Gasteiger partial charge in [-0.2, -0.15) is 13.2 Å². The lowest BCUT2D eigenvalue weighted by atomic mass is 10.1. The van der Waals surface area contributed by atoms with Gasteiger partial charge < -0.3 is 15.6 Å². The first-order valence-corrected chi connectivity index (χ1v) is 8.10. The Kier molecular flexibility index (Phi) is 4.87. The van der Waals surface area contributed by atoms with Gasteiger partial charge in [-0.25, -0.2) is 0 Å². The van der Waals surface area contributed by atoms with Gasteiger partial charge >= 0.3 is 6.18 Å². The van der Waals surface area contributed by atoms with Crippen LogP contribution >= 0.6 is 23.8 Å². The topological polar surface area (TPSA) is 39.8 Å². The van der Waals surface area contributed by atoms with Crippen LogP contribution in [0.25, 0.3) is 10.9 Å². The molecule has 2 aromatic carbocycles. The lowest BCUT2D eigenvalue weighted by Gasteiger charge is -2.15. The molecular formula is C17H13ClF3N3S. The SMILES string of the molecule is FC(F)(F)c1ccccc1NC(=S)NCc1cc2cc(Cl)ccc2[nH]1. The summed E-state index contributed by atoms with van der Waals surface area (Å²) in [5.41, 5.74) is 0.906. The van der Waals surface area contributed by atoms with Crippen molar-refractivity contribution in [2.45, 2.75) is 12.7 Å². The van der Waals surface area contributed by atoms with Crippen molar-refractivity contribution >= 4 is 45.5 Å². The van der Waals surface area contributed by atoms with E-state index in [0.29, 0.717) is 11.6 Å². The zero-order chi connectivity index (χ0) is 18.0. The van der Waals surface area contributed by atoms with Crippen molar-refractivity contribution in [2.75, 3.05) is 5.32 Å². The van der Waals surface area contributed by atoms with Crippen LogP contribution in [-0.4, -0.2) is 10.1 Å². The molecule has 8 heteroatoms. The lowest BCUT2D eigenvalue weighted by Crippen LogP contribution is -2.29. The third kappa shape index (κ3) is 4.24. The highest BCUT2D eigenvalue weighted by Gasteiger charge is 2.33. The maximum absolute atomic E-state index is 13.0. The Bertz CT molecular complexity index is 921. The van der Waals surface area contributed by atoms with E-state index in [-0.39, 0.29) is 10.8 Å². The molecule has 0 fully saturated rings. The van der Waals surface area contributed by atoms with Crippen molar-refractivity contribution in [1.82, 2.24) is 10.3 Å². The molecule has 3 N–H and O–H groups in total. The van der Waals surface area contributed by atoms with Crippen molar-refractivity contribution in [3.63, 3.8) is 0 Å². The predicted molar refractivity (Wildman–Crippen MR) is 97.8 cm³/mol. The normalized spacial score (nSPS) is 11.5. The smallest absolute Gasteiger partial charge is 0.357 e. The number of thiocarbonyl (C=S) groups is 1. The predicted octanol–water partition coefficient (Wildman–Crippen LogP) is 5.33. The second-order valence-electron chi connectivity index (χ2n) is 5.38. The fourth-order valence-electron chi connectivity index (χ4n) is 2.44. The van der Waals surface area contributed by atoms with Crippen LogP contribution in [0, 0.1) is 0 Å². The van der Waals surface area contributed by atoms with Crippen LogP contribution in [0.15, 0.2) is 48.5 Å². The molecule has 0 aliphatic carbocycles. The van der Waals surface area contributed by atoms with E-state index < -0.39 is 11.7 Å². The van der Waals surface area contributed by atoms with Crippen molar-refractivity contribution in [2.24, 2.45) is 0 Å². The largest absolute Gasteiger partial charge is 0.418 e. The molecule has 0 saturated heterocycles. The molecule has 1 heterocycles. The molecule has 130 valence electrons. The van der Waals surface area contributed by atoms with Gasteiger partial charge in [-0.15, -0.1) is 0 Å². The zero-order valence-corrected chi connectivity index (χ0v) is 14.3. The van der Waals surface area contributed by atoms with E-state index in [0.717, 1.165) is 22.7 Å². The standard InChI is InChI=1S/C17H13ClF3N3S/c18-11-5-6-14-10(7-11)8-12(23-14)9-22-16(25)24-15-4-2-1-3-13(15)17(19,20)21/h1-8,23H,9H2,(H2,22,24,25). The van der Waals surface area contributed by atoms with Crippen molar-refractivity contribution in [3.05, 3.63) is 64.8 Å². The third-order valence-electron chi connectivity index (χ3n) is 3.56. The van der Waals surface area contributed by atoms with Gasteiger partial charge in [0.25, 0.3) is 0 Å². The first-order valence-electron chi connectivity index (χ1n) is 7.31. The van der Waals surface area contributed by atoms with Gasteiger partial charge in [0.2, 0.25) is 0 Å². The number of aromatic nitrogens is 1. The number of H-pyrrole nitrogens is 1. The molecule has 0 spiro atoms. The highest BCUT2D eigenvalue weighted by molar-refractivity contribution is 7.80. The van der Waals surface area contributed by atoms with E-state index in [4.69, 9.17) is 23.8 Å². The molecule has 3 aromatic rings. The minimum absolute atomic E-state index is 0.0871. The van der Waals surface area contributed by atoms with E-state index in [1.807, 2.05) is 18.2 Å². The summed E-state index contributed by atoms with van der Waals surface area (Å²) in [6.07, 6.45) is -4.45. The average Bonchev–Trinajstić information content (AvgIpc) is 2.94. The summed E-state index contributed by atoms with van der Waals surface area (Å²) < 4.78 is 38.9. The fourth-order valence-corrected chi connectivity index (χ4v) is 2.80. The van der Waals surface area contributed by atoms with E-state index in [2.05, 4.69) is 15.6 Å². The Morgan fingerprint density at radius 1 is 1.12 bits per heavy atom. The summed E-state index contributed by atoms with van der Waals surface area (Å²) >= 11 is 11.0. The second kappa shape index (κ2) is 6.93. The number of rotatable bonds is 3. The molecule has 0 amide bonds. The van der Waals surface area contributed by atoms with Gasteiger partial charge in [-0.1, -0.05) is 23.7 Å². The van der Waals surface area contributed by atoms with Crippen LogP contribution < -0.4 is 10.6 Å². The molecular weight excluding hydrogens is 371 g/mol. The van der Waals surface area contributed by atoms with E-state index in [9.17, 15) is 13.2 Å². The Morgan fingerprint density at radius 3 is 2.64 bits per heavy atom. The number of hydrogen-bond acceptors (Lipinski definition) is 1. The first kappa shape index (κ1) is 17.6. The maximum atomic E-state index is 13.0. The number of fused-ring (bicyclic) bond motifs is 1. The number of hydrogen-bond donors (Lipinski definition) is 3. The maximum Gasteiger partial charge on any atom is 0.418 e. The van der Waals surface area contributed by atoms with Gasteiger partial charge in [0, 0.05) is 21.6 Å². The highest BCUT2D eigenvalue weighted by Crippen LogP contribution is 2.34. The van der Waals surface area contributed by atoms with Crippen molar-refractivity contribution < 1.29 is 13.2 Å². The van der Waals surface area contributed by atoms with Crippen LogP contribution in [0.3, 0.4) is 0 Å². The number of benzene rings is 2. The molecule has 0 radical (unpaired) electrons. The number of para-hydroxylation sites is 1. The molecule has 0 saturated carbocycles. The van der Waals surface area contributed by atoms with Crippen LogP contribution in [0.2, 0.25) is 5.02 Å². The number of aromatic amines is 1. The summed E-state index contributed by atoms with van der Waals surface area (Å²) in [6.45, 7) is 0.340. The minimum atomic E-state index is -4.45. The van der Waals surface area contributed by atoms with Gasteiger partial charge in [-0.3, -0.25) is 0 Å². The number of nitrogens with one attached hydrogen (secondary N) is 3. The molecule has 3 rings (SSSR count).